The molecule has 164 valence electrons. The fourth-order valence-electron chi connectivity index (χ4n) is 2.82. The lowest BCUT2D eigenvalue weighted by molar-refractivity contribution is 0.292. The number of halogens is 1. The molecule has 1 unspecified atom stereocenters. The smallest absolute Gasteiger partial charge is 0.191 e. The molecule has 1 heterocycles. The Hall–Kier alpha value is -0.410. The van der Waals surface area contributed by atoms with Gasteiger partial charge in [-0.2, -0.15) is 0 Å². The van der Waals surface area contributed by atoms with Crippen molar-refractivity contribution in [2.75, 3.05) is 32.7 Å². The van der Waals surface area contributed by atoms with Gasteiger partial charge in [-0.3, -0.25) is 4.99 Å². The monoisotopic (exact) mass is 523 g/mol. The SMILES string of the molecule is CCNC(=NCCc1nc(C(C)(C)C)cs1)NC(C)CCCN(CC)CC.I. The van der Waals surface area contributed by atoms with Crippen LogP contribution < -0.4 is 10.6 Å². The first-order valence-electron chi connectivity index (χ1n) is 10.5. The molecular weight excluding hydrogens is 481 g/mol. The number of aliphatic imine (C=N–C) groups is 1. The average Bonchev–Trinajstić information content (AvgIpc) is 3.08. The molecule has 1 atom stereocenters. The molecule has 0 aromatic carbocycles. The van der Waals surface area contributed by atoms with Crippen molar-refractivity contribution in [3.05, 3.63) is 16.1 Å². The minimum atomic E-state index is 0. The number of hydrogen-bond acceptors (Lipinski definition) is 4. The van der Waals surface area contributed by atoms with Crippen molar-refractivity contribution in [2.24, 2.45) is 4.99 Å². The van der Waals surface area contributed by atoms with Crippen LogP contribution in [-0.4, -0.2) is 54.6 Å². The number of guanidine groups is 1. The molecule has 0 amide bonds. The molecule has 0 aliphatic carbocycles. The summed E-state index contributed by atoms with van der Waals surface area (Å²) in [6, 6.07) is 0.422. The quantitative estimate of drug-likeness (QED) is 0.252. The van der Waals surface area contributed by atoms with Gasteiger partial charge in [0.15, 0.2) is 5.96 Å². The van der Waals surface area contributed by atoms with E-state index in [4.69, 9.17) is 9.98 Å². The summed E-state index contributed by atoms with van der Waals surface area (Å²) in [7, 11) is 0. The highest BCUT2D eigenvalue weighted by Crippen LogP contribution is 2.23. The van der Waals surface area contributed by atoms with Gasteiger partial charge < -0.3 is 15.5 Å². The van der Waals surface area contributed by atoms with Crippen LogP contribution in [0.25, 0.3) is 0 Å². The van der Waals surface area contributed by atoms with Gasteiger partial charge in [-0.1, -0.05) is 34.6 Å². The van der Waals surface area contributed by atoms with Crippen LogP contribution >= 0.6 is 35.3 Å². The molecule has 5 nitrogen and oxygen atoms in total. The van der Waals surface area contributed by atoms with Crippen LogP contribution in [0.2, 0.25) is 0 Å². The molecule has 2 N–H and O–H groups in total. The van der Waals surface area contributed by atoms with Crippen LogP contribution in [0.3, 0.4) is 0 Å². The van der Waals surface area contributed by atoms with E-state index in [1.807, 2.05) is 0 Å². The predicted molar refractivity (Wildman–Crippen MR) is 136 cm³/mol. The second-order valence-corrected chi connectivity index (χ2v) is 9.04. The molecular formula is C21H42IN5S. The van der Waals surface area contributed by atoms with Crippen molar-refractivity contribution >= 4 is 41.3 Å². The Morgan fingerprint density at radius 2 is 1.93 bits per heavy atom. The van der Waals surface area contributed by atoms with E-state index in [1.165, 1.54) is 23.7 Å². The standard InChI is InChI=1S/C21H41N5S.HI/c1-8-22-20(24-17(4)12-11-15-26(9-2)10-3)23-14-13-19-25-18(16-27-19)21(5,6)7;/h16-17H,8-15H2,1-7H3,(H2,22,23,24);1H. The van der Waals surface area contributed by atoms with Crippen LogP contribution in [0.5, 0.6) is 0 Å². The van der Waals surface area contributed by atoms with Crippen molar-refractivity contribution in [1.82, 2.24) is 20.5 Å². The molecule has 0 radical (unpaired) electrons. The maximum atomic E-state index is 4.76. The van der Waals surface area contributed by atoms with Crippen LogP contribution in [0.15, 0.2) is 10.4 Å². The van der Waals surface area contributed by atoms with Crippen LogP contribution in [0.1, 0.15) is 72.0 Å². The summed E-state index contributed by atoms with van der Waals surface area (Å²) in [6.45, 7) is 20.5. The molecule has 1 aromatic heterocycles. The summed E-state index contributed by atoms with van der Waals surface area (Å²) in [5.41, 5.74) is 1.30. The Balaban J connectivity index is 0.00000729. The van der Waals surface area contributed by atoms with E-state index < -0.39 is 0 Å². The van der Waals surface area contributed by atoms with Gasteiger partial charge in [0.05, 0.1) is 10.7 Å². The molecule has 0 bridgehead atoms. The summed E-state index contributed by atoms with van der Waals surface area (Å²) in [5.74, 6) is 0.917. The number of rotatable bonds is 11. The third-order valence-corrected chi connectivity index (χ3v) is 5.56. The Bertz CT molecular complexity index is 549. The second-order valence-electron chi connectivity index (χ2n) is 8.10. The van der Waals surface area contributed by atoms with Gasteiger partial charge in [-0.05, 0) is 46.3 Å². The zero-order valence-electron chi connectivity index (χ0n) is 19.0. The van der Waals surface area contributed by atoms with E-state index in [2.05, 4.69) is 69.4 Å². The molecule has 1 aromatic rings. The Kier molecular flexibility index (Phi) is 14.3. The summed E-state index contributed by atoms with van der Waals surface area (Å²) >= 11 is 1.75. The predicted octanol–water partition coefficient (Wildman–Crippen LogP) is 4.67. The van der Waals surface area contributed by atoms with Crippen molar-refractivity contribution < 1.29 is 0 Å². The Morgan fingerprint density at radius 1 is 1.25 bits per heavy atom. The third kappa shape index (κ3) is 11.0. The molecule has 0 aliphatic heterocycles. The molecule has 0 saturated heterocycles. The first-order chi connectivity index (χ1) is 12.8. The summed E-state index contributed by atoms with van der Waals surface area (Å²) in [4.78, 5) is 12.0. The second kappa shape index (κ2) is 14.6. The topological polar surface area (TPSA) is 52.6 Å². The van der Waals surface area contributed by atoms with Crippen molar-refractivity contribution in [1.29, 1.82) is 0 Å². The molecule has 28 heavy (non-hydrogen) atoms. The average molecular weight is 524 g/mol. The molecule has 0 spiro atoms. The van der Waals surface area contributed by atoms with Crippen molar-refractivity contribution in [3.63, 3.8) is 0 Å². The number of nitrogens with one attached hydrogen (secondary N) is 2. The summed E-state index contributed by atoms with van der Waals surface area (Å²) in [6.07, 6.45) is 3.26. The van der Waals surface area contributed by atoms with E-state index >= 15 is 0 Å². The normalized spacial score (nSPS) is 13.4. The van der Waals surface area contributed by atoms with E-state index in [0.29, 0.717) is 6.04 Å². The van der Waals surface area contributed by atoms with Gasteiger partial charge in [-0.15, -0.1) is 35.3 Å². The Labute approximate surface area is 194 Å². The van der Waals surface area contributed by atoms with E-state index in [9.17, 15) is 0 Å². The zero-order chi connectivity index (χ0) is 20.3. The first-order valence-corrected chi connectivity index (χ1v) is 11.4. The Morgan fingerprint density at radius 3 is 2.46 bits per heavy atom. The molecule has 0 saturated carbocycles. The van der Waals surface area contributed by atoms with Gasteiger partial charge in [0.25, 0.3) is 0 Å². The van der Waals surface area contributed by atoms with Gasteiger partial charge >= 0.3 is 0 Å². The number of aromatic nitrogens is 1. The fraction of sp³-hybridized carbons (Fsp3) is 0.810. The van der Waals surface area contributed by atoms with E-state index in [-0.39, 0.29) is 29.4 Å². The van der Waals surface area contributed by atoms with E-state index in [1.54, 1.807) is 11.3 Å². The molecule has 0 aliphatic rings. The minimum Gasteiger partial charge on any atom is -0.357 e. The molecule has 1 rings (SSSR count). The van der Waals surface area contributed by atoms with E-state index in [0.717, 1.165) is 45.0 Å². The first kappa shape index (κ1) is 27.6. The minimum absolute atomic E-state index is 0. The van der Waals surface area contributed by atoms with Crippen molar-refractivity contribution in [3.8, 4) is 0 Å². The highest BCUT2D eigenvalue weighted by atomic mass is 127. The fourth-order valence-corrected chi connectivity index (χ4v) is 3.83. The maximum Gasteiger partial charge on any atom is 0.191 e. The highest BCUT2D eigenvalue weighted by molar-refractivity contribution is 14.0. The number of hydrogen-bond donors (Lipinski definition) is 2. The lowest BCUT2D eigenvalue weighted by Crippen LogP contribution is -2.42. The third-order valence-electron chi connectivity index (χ3n) is 4.65. The zero-order valence-corrected chi connectivity index (χ0v) is 22.1. The van der Waals surface area contributed by atoms with Crippen LogP contribution in [0, 0.1) is 0 Å². The van der Waals surface area contributed by atoms with Gasteiger partial charge in [-0.25, -0.2) is 4.98 Å². The largest absolute Gasteiger partial charge is 0.357 e. The maximum absolute atomic E-state index is 4.76. The highest BCUT2D eigenvalue weighted by Gasteiger charge is 2.17. The summed E-state index contributed by atoms with van der Waals surface area (Å²) in [5, 5.41) is 10.3. The molecule has 0 fully saturated rings. The lowest BCUT2D eigenvalue weighted by atomic mass is 9.93. The molecule has 7 heteroatoms. The van der Waals surface area contributed by atoms with Crippen LogP contribution in [0.4, 0.5) is 0 Å². The van der Waals surface area contributed by atoms with Crippen LogP contribution in [-0.2, 0) is 11.8 Å². The number of nitrogens with zero attached hydrogens (tertiary/aromatic N) is 3. The van der Waals surface area contributed by atoms with Crippen molar-refractivity contribution in [2.45, 2.75) is 79.2 Å². The number of thiazole rings is 1. The lowest BCUT2D eigenvalue weighted by Gasteiger charge is -2.21. The van der Waals surface area contributed by atoms with Gasteiger partial charge in [0.2, 0.25) is 0 Å². The summed E-state index contributed by atoms with van der Waals surface area (Å²) < 4.78 is 0. The van der Waals surface area contributed by atoms with Gasteiger partial charge in [0.1, 0.15) is 0 Å². The van der Waals surface area contributed by atoms with Gasteiger partial charge in [0, 0.05) is 36.3 Å².